The second-order valence-corrected chi connectivity index (χ2v) is 3.05. The normalized spacial score (nSPS) is 9.79. The second kappa shape index (κ2) is 4.50. The minimum absolute atomic E-state index is 0.202. The molecule has 1 aromatic rings. The maximum Gasteiger partial charge on any atom is 0.220 e. The van der Waals surface area contributed by atoms with Crippen LogP contribution in [0.1, 0.15) is 12.0 Å². The minimum atomic E-state index is -0.378. The SMILES string of the molecule is Cc1cccc(OCCC(N)=O)c1N. The molecule has 0 heterocycles. The number of aryl methyl sites for hydroxylation is 1. The lowest BCUT2D eigenvalue weighted by Crippen LogP contribution is -2.15. The average molecular weight is 194 g/mol. The number of amides is 1. The maximum atomic E-state index is 10.5. The highest BCUT2D eigenvalue weighted by molar-refractivity contribution is 5.73. The van der Waals surface area contributed by atoms with Gasteiger partial charge in [-0.2, -0.15) is 0 Å². The van der Waals surface area contributed by atoms with Crippen molar-refractivity contribution in [3.63, 3.8) is 0 Å². The highest BCUT2D eigenvalue weighted by Gasteiger charge is 2.02. The van der Waals surface area contributed by atoms with Crippen LogP contribution in [0.15, 0.2) is 18.2 Å². The number of nitrogen functional groups attached to an aromatic ring is 1. The third-order valence-corrected chi connectivity index (χ3v) is 1.89. The number of primary amides is 1. The first kappa shape index (κ1) is 10.4. The van der Waals surface area contributed by atoms with Crippen molar-refractivity contribution in [2.75, 3.05) is 12.3 Å². The quantitative estimate of drug-likeness (QED) is 0.697. The van der Waals surface area contributed by atoms with Crippen LogP contribution >= 0.6 is 0 Å². The van der Waals surface area contributed by atoms with Crippen molar-refractivity contribution in [3.05, 3.63) is 23.8 Å². The summed E-state index contributed by atoms with van der Waals surface area (Å²) in [7, 11) is 0. The molecule has 4 N–H and O–H groups in total. The van der Waals surface area contributed by atoms with Crippen LogP contribution in [0.2, 0.25) is 0 Å². The molecular formula is C10H14N2O2. The summed E-state index contributed by atoms with van der Waals surface area (Å²) in [6, 6.07) is 5.52. The average Bonchev–Trinajstić information content (AvgIpc) is 2.12. The Labute approximate surface area is 82.8 Å². The van der Waals surface area contributed by atoms with Crippen molar-refractivity contribution < 1.29 is 9.53 Å². The van der Waals surface area contributed by atoms with E-state index in [0.717, 1.165) is 5.56 Å². The fraction of sp³-hybridized carbons (Fsp3) is 0.300. The Bertz CT molecular complexity index is 337. The van der Waals surface area contributed by atoms with Crippen LogP contribution in [0.3, 0.4) is 0 Å². The molecule has 0 bridgehead atoms. The van der Waals surface area contributed by atoms with E-state index in [0.29, 0.717) is 11.4 Å². The summed E-state index contributed by atoms with van der Waals surface area (Å²) in [5.41, 5.74) is 12.3. The first-order valence-corrected chi connectivity index (χ1v) is 4.37. The number of rotatable bonds is 4. The molecule has 0 saturated heterocycles. The van der Waals surface area contributed by atoms with Gasteiger partial charge in [-0.05, 0) is 18.6 Å². The number of hydrogen-bond acceptors (Lipinski definition) is 3. The summed E-state index contributed by atoms with van der Waals surface area (Å²) in [4.78, 5) is 10.5. The van der Waals surface area contributed by atoms with E-state index in [1.165, 1.54) is 0 Å². The van der Waals surface area contributed by atoms with Gasteiger partial charge >= 0.3 is 0 Å². The Morgan fingerprint density at radius 2 is 2.21 bits per heavy atom. The summed E-state index contributed by atoms with van der Waals surface area (Å²) in [5, 5.41) is 0. The van der Waals surface area contributed by atoms with Crippen molar-refractivity contribution in [1.82, 2.24) is 0 Å². The van der Waals surface area contributed by atoms with E-state index in [1.807, 2.05) is 19.1 Å². The van der Waals surface area contributed by atoms with Gasteiger partial charge < -0.3 is 16.2 Å². The van der Waals surface area contributed by atoms with Crippen LogP contribution in [0.25, 0.3) is 0 Å². The Morgan fingerprint density at radius 1 is 1.50 bits per heavy atom. The standard InChI is InChI=1S/C10H14N2O2/c1-7-3-2-4-8(10(7)12)14-6-5-9(11)13/h2-4H,5-6,12H2,1H3,(H2,11,13). The zero-order valence-electron chi connectivity index (χ0n) is 8.12. The van der Waals surface area contributed by atoms with E-state index in [4.69, 9.17) is 16.2 Å². The molecule has 1 rings (SSSR count). The highest BCUT2D eigenvalue weighted by atomic mass is 16.5. The van der Waals surface area contributed by atoms with Gasteiger partial charge in [0, 0.05) is 0 Å². The Hall–Kier alpha value is -1.71. The molecule has 0 unspecified atom stereocenters. The summed E-state index contributed by atoms with van der Waals surface area (Å²) < 4.78 is 5.30. The van der Waals surface area contributed by atoms with E-state index >= 15 is 0 Å². The minimum Gasteiger partial charge on any atom is -0.491 e. The number of ether oxygens (including phenoxy) is 1. The maximum absolute atomic E-state index is 10.5. The van der Waals surface area contributed by atoms with Gasteiger partial charge in [0.25, 0.3) is 0 Å². The molecular weight excluding hydrogens is 180 g/mol. The van der Waals surface area contributed by atoms with E-state index in [1.54, 1.807) is 6.07 Å². The molecule has 0 radical (unpaired) electrons. The van der Waals surface area contributed by atoms with E-state index in [2.05, 4.69) is 0 Å². The first-order valence-electron chi connectivity index (χ1n) is 4.37. The summed E-state index contributed by atoms with van der Waals surface area (Å²) in [6.45, 7) is 2.17. The predicted octanol–water partition coefficient (Wildman–Crippen LogP) is 0.831. The first-order chi connectivity index (χ1) is 6.61. The van der Waals surface area contributed by atoms with Crippen LogP contribution in [0.4, 0.5) is 5.69 Å². The predicted molar refractivity (Wildman–Crippen MR) is 54.9 cm³/mol. The van der Waals surface area contributed by atoms with Crippen molar-refractivity contribution in [2.45, 2.75) is 13.3 Å². The van der Waals surface area contributed by atoms with E-state index in [9.17, 15) is 4.79 Å². The smallest absolute Gasteiger partial charge is 0.220 e. The Morgan fingerprint density at radius 3 is 2.86 bits per heavy atom. The molecule has 1 aromatic carbocycles. The number of carbonyl (C=O) groups is 1. The third-order valence-electron chi connectivity index (χ3n) is 1.89. The lowest BCUT2D eigenvalue weighted by molar-refractivity contribution is -0.118. The van der Waals surface area contributed by atoms with Gasteiger partial charge in [0.1, 0.15) is 5.75 Å². The number of anilines is 1. The summed E-state index contributed by atoms with van der Waals surface area (Å²) in [6.07, 6.45) is 0.202. The van der Waals surface area contributed by atoms with Crippen molar-refractivity contribution in [3.8, 4) is 5.75 Å². The van der Waals surface area contributed by atoms with Gasteiger partial charge in [-0.15, -0.1) is 0 Å². The van der Waals surface area contributed by atoms with Crippen LogP contribution < -0.4 is 16.2 Å². The lowest BCUT2D eigenvalue weighted by atomic mass is 10.2. The van der Waals surface area contributed by atoms with Gasteiger partial charge in [0.2, 0.25) is 5.91 Å². The fourth-order valence-corrected chi connectivity index (χ4v) is 1.04. The molecule has 0 spiro atoms. The molecule has 0 aliphatic heterocycles. The molecule has 14 heavy (non-hydrogen) atoms. The zero-order chi connectivity index (χ0) is 10.6. The van der Waals surface area contributed by atoms with Crippen molar-refractivity contribution >= 4 is 11.6 Å². The van der Waals surface area contributed by atoms with Gasteiger partial charge in [0.05, 0.1) is 18.7 Å². The van der Waals surface area contributed by atoms with Crippen LogP contribution in [0.5, 0.6) is 5.75 Å². The molecule has 4 nitrogen and oxygen atoms in total. The van der Waals surface area contributed by atoms with E-state index in [-0.39, 0.29) is 18.9 Å². The van der Waals surface area contributed by atoms with Crippen molar-refractivity contribution in [2.24, 2.45) is 5.73 Å². The fourth-order valence-electron chi connectivity index (χ4n) is 1.04. The number of hydrogen-bond donors (Lipinski definition) is 2. The lowest BCUT2D eigenvalue weighted by Gasteiger charge is -2.09. The van der Waals surface area contributed by atoms with Gasteiger partial charge in [0.15, 0.2) is 0 Å². The monoisotopic (exact) mass is 194 g/mol. The summed E-state index contributed by atoms with van der Waals surface area (Å²) >= 11 is 0. The highest BCUT2D eigenvalue weighted by Crippen LogP contribution is 2.24. The molecule has 0 saturated carbocycles. The molecule has 0 fully saturated rings. The number of carbonyl (C=O) groups excluding carboxylic acids is 1. The largest absolute Gasteiger partial charge is 0.491 e. The van der Waals surface area contributed by atoms with Crippen LogP contribution in [-0.2, 0) is 4.79 Å². The topological polar surface area (TPSA) is 78.3 Å². The molecule has 76 valence electrons. The molecule has 0 aliphatic rings. The van der Waals surface area contributed by atoms with Crippen molar-refractivity contribution in [1.29, 1.82) is 0 Å². The molecule has 0 aromatic heterocycles. The van der Waals surface area contributed by atoms with Gasteiger partial charge in [-0.1, -0.05) is 12.1 Å². The van der Waals surface area contributed by atoms with Crippen LogP contribution in [-0.4, -0.2) is 12.5 Å². The number of benzene rings is 1. The number of nitrogens with two attached hydrogens (primary N) is 2. The van der Waals surface area contributed by atoms with Gasteiger partial charge in [-0.25, -0.2) is 0 Å². The van der Waals surface area contributed by atoms with Crippen LogP contribution in [0, 0.1) is 6.92 Å². The molecule has 4 heteroatoms. The molecule has 1 amide bonds. The summed E-state index contributed by atoms with van der Waals surface area (Å²) in [5.74, 6) is 0.225. The van der Waals surface area contributed by atoms with E-state index < -0.39 is 0 Å². The number of para-hydroxylation sites is 1. The van der Waals surface area contributed by atoms with Gasteiger partial charge in [-0.3, -0.25) is 4.79 Å². The Balaban J connectivity index is 2.59. The third kappa shape index (κ3) is 2.65. The molecule has 0 atom stereocenters. The Kier molecular flexibility index (Phi) is 3.34. The second-order valence-electron chi connectivity index (χ2n) is 3.05. The molecule has 0 aliphatic carbocycles. The zero-order valence-corrected chi connectivity index (χ0v) is 8.12.